The van der Waals surface area contributed by atoms with Gasteiger partial charge in [0.25, 0.3) is 5.91 Å². The molecule has 0 unspecified atom stereocenters. The van der Waals surface area contributed by atoms with Crippen molar-refractivity contribution in [2.24, 2.45) is 10.1 Å². The minimum absolute atomic E-state index is 0.0525. The Morgan fingerprint density at radius 3 is 2.56 bits per heavy atom. The molecular formula is C19H14N4OS. The number of hydrogen-bond donors (Lipinski definition) is 1. The Morgan fingerprint density at radius 1 is 1.08 bits per heavy atom. The van der Waals surface area contributed by atoms with Crippen molar-refractivity contribution in [1.82, 2.24) is 5.01 Å². The van der Waals surface area contributed by atoms with E-state index in [1.165, 1.54) is 16.8 Å². The largest absolute Gasteiger partial charge is 0.283 e. The summed E-state index contributed by atoms with van der Waals surface area (Å²) in [6.45, 7) is 1.97. The summed E-state index contributed by atoms with van der Waals surface area (Å²) in [6, 6.07) is 17.4. The molecule has 1 N–H and O–H groups in total. The third-order valence-corrected chi connectivity index (χ3v) is 4.92. The standard InChI is InChI=1S/C19H14N4OS/c1-12-7-5-6-10-14(12)11-15-16(20)23-19(21-17(15)24)25-18(22-23)13-8-3-2-4-9-13/h2-11,20H,1H3. The SMILES string of the molecule is Cc1ccccc1C=C1C(=N)N2N=C(c3ccccc3)SC2=NC1=O. The number of amidine groups is 2. The topological polar surface area (TPSA) is 68.9 Å². The van der Waals surface area contributed by atoms with Crippen LogP contribution < -0.4 is 0 Å². The van der Waals surface area contributed by atoms with Crippen LogP contribution in [0.2, 0.25) is 0 Å². The van der Waals surface area contributed by atoms with Crippen molar-refractivity contribution >= 4 is 39.8 Å². The first-order valence-electron chi connectivity index (χ1n) is 7.75. The van der Waals surface area contributed by atoms with Crippen molar-refractivity contribution in [2.75, 3.05) is 0 Å². The van der Waals surface area contributed by atoms with Crippen molar-refractivity contribution in [3.05, 3.63) is 76.9 Å². The molecule has 25 heavy (non-hydrogen) atoms. The van der Waals surface area contributed by atoms with Crippen molar-refractivity contribution < 1.29 is 4.79 Å². The summed E-state index contributed by atoms with van der Waals surface area (Å²) in [5, 5.41) is 15.5. The number of carbonyl (C=O) groups is 1. The number of hydrazone groups is 1. The highest BCUT2D eigenvalue weighted by Crippen LogP contribution is 2.30. The van der Waals surface area contributed by atoms with Gasteiger partial charge < -0.3 is 0 Å². The fraction of sp³-hybridized carbons (Fsp3) is 0.0526. The van der Waals surface area contributed by atoms with E-state index < -0.39 is 5.91 Å². The van der Waals surface area contributed by atoms with Gasteiger partial charge in [-0.1, -0.05) is 54.6 Å². The zero-order chi connectivity index (χ0) is 17.4. The molecule has 6 heteroatoms. The first kappa shape index (κ1) is 15.5. The second-order valence-corrected chi connectivity index (χ2v) is 6.60. The number of amides is 1. The monoisotopic (exact) mass is 346 g/mol. The van der Waals surface area contributed by atoms with E-state index in [0.717, 1.165) is 21.7 Å². The van der Waals surface area contributed by atoms with Crippen LogP contribution in [-0.4, -0.2) is 27.0 Å². The van der Waals surface area contributed by atoms with Crippen LogP contribution in [0, 0.1) is 12.3 Å². The van der Waals surface area contributed by atoms with E-state index in [9.17, 15) is 4.79 Å². The predicted molar refractivity (Wildman–Crippen MR) is 102 cm³/mol. The number of thioether (sulfide) groups is 1. The number of aliphatic imine (C=N–C) groups is 1. The van der Waals surface area contributed by atoms with Crippen LogP contribution in [0.5, 0.6) is 0 Å². The van der Waals surface area contributed by atoms with E-state index in [-0.39, 0.29) is 11.4 Å². The molecule has 2 aliphatic heterocycles. The van der Waals surface area contributed by atoms with Gasteiger partial charge in [-0.15, -0.1) is 0 Å². The van der Waals surface area contributed by atoms with Gasteiger partial charge in [-0.25, -0.2) is 0 Å². The van der Waals surface area contributed by atoms with Gasteiger partial charge in [-0.2, -0.15) is 15.1 Å². The number of aryl methyl sites for hydroxylation is 1. The zero-order valence-electron chi connectivity index (χ0n) is 13.4. The van der Waals surface area contributed by atoms with Gasteiger partial charge >= 0.3 is 0 Å². The van der Waals surface area contributed by atoms with Crippen LogP contribution in [-0.2, 0) is 4.79 Å². The summed E-state index contributed by atoms with van der Waals surface area (Å²) >= 11 is 1.30. The third kappa shape index (κ3) is 2.81. The van der Waals surface area contributed by atoms with Gasteiger partial charge in [0, 0.05) is 5.56 Å². The van der Waals surface area contributed by atoms with Gasteiger partial charge in [0.15, 0.2) is 5.84 Å². The van der Waals surface area contributed by atoms with Crippen LogP contribution in [0.1, 0.15) is 16.7 Å². The Kier molecular flexibility index (Phi) is 3.82. The summed E-state index contributed by atoms with van der Waals surface area (Å²) in [7, 11) is 0. The highest BCUT2D eigenvalue weighted by Gasteiger charge is 2.35. The molecule has 0 fully saturated rings. The minimum atomic E-state index is -0.406. The molecule has 0 radical (unpaired) electrons. The molecular weight excluding hydrogens is 332 g/mol. The molecule has 0 aliphatic carbocycles. The summed E-state index contributed by atoms with van der Waals surface area (Å²) in [5.74, 6) is -0.354. The summed E-state index contributed by atoms with van der Waals surface area (Å²) < 4.78 is 0. The Labute approximate surface area is 149 Å². The molecule has 1 amide bonds. The highest BCUT2D eigenvalue weighted by atomic mass is 32.2. The lowest BCUT2D eigenvalue weighted by Gasteiger charge is -2.20. The molecule has 0 saturated heterocycles. The summed E-state index contributed by atoms with van der Waals surface area (Å²) in [5.41, 5.74) is 3.12. The van der Waals surface area contributed by atoms with Gasteiger partial charge in [0.2, 0.25) is 5.17 Å². The Bertz CT molecular complexity index is 976. The van der Waals surface area contributed by atoms with Crippen LogP contribution in [0.4, 0.5) is 0 Å². The van der Waals surface area contributed by atoms with E-state index in [1.54, 1.807) is 6.08 Å². The maximum atomic E-state index is 12.4. The van der Waals surface area contributed by atoms with E-state index in [4.69, 9.17) is 5.41 Å². The Hall–Kier alpha value is -2.99. The third-order valence-electron chi connectivity index (χ3n) is 3.96. The van der Waals surface area contributed by atoms with Crippen LogP contribution in [0.25, 0.3) is 6.08 Å². The molecule has 2 heterocycles. The summed E-state index contributed by atoms with van der Waals surface area (Å²) in [4.78, 5) is 16.5. The molecule has 4 rings (SSSR count). The van der Waals surface area contributed by atoms with E-state index in [1.807, 2.05) is 61.5 Å². The normalized spacial score (nSPS) is 18.3. The van der Waals surface area contributed by atoms with Crippen molar-refractivity contribution in [2.45, 2.75) is 6.92 Å². The van der Waals surface area contributed by atoms with Crippen molar-refractivity contribution in [1.29, 1.82) is 5.41 Å². The maximum absolute atomic E-state index is 12.4. The number of carbonyl (C=O) groups excluding carboxylic acids is 1. The van der Waals surface area contributed by atoms with Gasteiger partial charge in [0.05, 0.1) is 5.57 Å². The lowest BCUT2D eigenvalue weighted by molar-refractivity contribution is -0.114. The molecule has 5 nitrogen and oxygen atoms in total. The molecule has 2 aromatic carbocycles. The van der Waals surface area contributed by atoms with E-state index >= 15 is 0 Å². The fourth-order valence-corrected chi connectivity index (χ4v) is 3.49. The van der Waals surface area contributed by atoms with Crippen LogP contribution in [0.3, 0.4) is 0 Å². The molecule has 0 saturated carbocycles. The van der Waals surface area contributed by atoms with Gasteiger partial charge in [0.1, 0.15) is 5.04 Å². The average molecular weight is 346 g/mol. The molecule has 122 valence electrons. The first-order chi connectivity index (χ1) is 12.1. The van der Waals surface area contributed by atoms with Crippen LogP contribution >= 0.6 is 11.8 Å². The predicted octanol–water partition coefficient (Wildman–Crippen LogP) is 3.66. The number of rotatable bonds is 2. The second-order valence-electron chi connectivity index (χ2n) is 5.65. The number of nitrogens with one attached hydrogen (secondary N) is 1. The Morgan fingerprint density at radius 2 is 1.80 bits per heavy atom. The van der Waals surface area contributed by atoms with E-state index in [0.29, 0.717) is 5.17 Å². The summed E-state index contributed by atoms with van der Waals surface area (Å²) in [6.07, 6.45) is 1.71. The highest BCUT2D eigenvalue weighted by molar-refractivity contribution is 8.27. The minimum Gasteiger partial charge on any atom is -0.282 e. The van der Waals surface area contributed by atoms with Gasteiger partial charge in [-0.3, -0.25) is 10.2 Å². The average Bonchev–Trinajstić information content (AvgIpc) is 3.05. The van der Waals surface area contributed by atoms with Crippen molar-refractivity contribution in [3.63, 3.8) is 0 Å². The van der Waals surface area contributed by atoms with E-state index in [2.05, 4.69) is 10.1 Å². The zero-order valence-corrected chi connectivity index (χ0v) is 14.2. The first-order valence-corrected chi connectivity index (χ1v) is 8.56. The molecule has 2 aromatic rings. The molecule has 2 aliphatic rings. The molecule has 0 spiro atoms. The number of benzene rings is 2. The smallest absolute Gasteiger partial charge is 0.282 e. The lowest BCUT2D eigenvalue weighted by atomic mass is 10.0. The fourth-order valence-electron chi connectivity index (χ4n) is 2.59. The maximum Gasteiger partial charge on any atom is 0.283 e. The number of hydrogen-bond acceptors (Lipinski definition) is 4. The Balaban J connectivity index is 1.72. The van der Waals surface area contributed by atoms with Crippen LogP contribution in [0.15, 0.2) is 70.3 Å². The number of fused-ring (bicyclic) bond motifs is 1. The lowest BCUT2D eigenvalue weighted by Crippen LogP contribution is -2.35. The van der Waals surface area contributed by atoms with Gasteiger partial charge in [-0.05, 0) is 35.9 Å². The molecule has 0 bridgehead atoms. The molecule has 0 aromatic heterocycles. The second kappa shape index (κ2) is 6.14. The number of nitrogens with zero attached hydrogens (tertiary/aromatic N) is 3. The molecule has 0 atom stereocenters. The quantitative estimate of drug-likeness (QED) is 0.844. The van der Waals surface area contributed by atoms with Crippen molar-refractivity contribution in [3.8, 4) is 0 Å².